The van der Waals surface area contributed by atoms with Crippen molar-refractivity contribution in [2.45, 2.75) is 6.42 Å². The van der Waals surface area contributed by atoms with Crippen LogP contribution in [0.3, 0.4) is 0 Å². The molecule has 1 N–H and O–H groups in total. The van der Waals surface area contributed by atoms with Crippen LogP contribution in [0.2, 0.25) is 0 Å². The molecule has 0 aromatic carbocycles. The van der Waals surface area contributed by atoms with Crippen LogP contribution >= 0.6 is 0 Å². The van der Waals surface area contributed by atoms with E-state index in [1.807, 2.05) is 0 Å². The quantitative estimate of drug-likeness (QED) is 0.668. The van der Waals surface area contributed by atoms with Gasteiger partial charge in [-0.15, -0.1) is 0 Å². The van der Waals surface area contributed by atoms with E-state index in [-0.39, 0.29) is 5.56 Å². The van der Waals surface area contributed by atoms with Gasteiger partial charge in [0.25, 0.3) is 0 Å². The smallest absolute Gasteiger partial charge is 0.337 e. The average Bonchev–Trinajstić information content (AvgIpc) is 2.38. The van der Waals surface area contributed by atoms with Crippen LogP contribution in [0.25, 0.3) is 0 Å². The van der Waals surface area contributed by atoms with Crippen molar-refractivity contribution in [1.82, 2.24) is 4.98 Å². The normalized spacial score (nSPS) is 10.3. The summed E-state index contributed by atoms with van der Waals surface area (Å²) in [6, 6.07) is 3.00. The SMILES string of the molecule is COCCOCCCOc1ccc(C(=O)O)cn1. The lowest BCUT2D eigenvalue weighted by Gasteiger charge is -2.06. The molecule has 0 saturated heterocycles. The number of rotatable bonds is 9. The Balaban J connectivity index is 2.14. The summed E-state index contributed by atoms with van der Waals surface area (Å²) < 4.78 is 15.4. The Kier molecular flexibility index (Phi) is 6.75. The van der Waals surface area contributed by atoms with Gasteiger partial charge in [-0.2, -0.15) is 0 Å². The second-order valence-electron chi connectivity index (χ2n) is 3.50. The van der Waals surface area contributed by atoms with E-state index in [1.54, 1.807) is 7.11 Å². The van der Waals surface area contributed by atoms with Gasteiger partial charge in [0, 0.05) is 32.4 Å². The molecule has 1 aromatic rings. The topological polar surface area (TPSA) is 77.9 Å². The second-order valence-corrected chi connectivity index (χ2v) is 3.50. The fraction of sp³-hybridized carbons (Fsp3) is 0.500. The van der Waals surface area contributed by atoms with Crippen molar-refractivity contribution in [3.05, 3.63) is 23.9 Å². The standard InChI is InChI=1S/C12H17NO5/c1-16-7-8-17-5-2-6-18-11-4-3-10(9-13-11)12(14)15/h3-4,9H,2,5-8H2,1H3,(H,14,15). The highest BCUT2D eigenvalue weighted by molar-refractivity contribution is 5.87. The number of pyridine rings is 1. The van der Waals surface area contributed by atoms with Gasteiger partial charge in [0.05, 0.1) is 25.4 Å². The number of hydrogen-bond donors (Lipinski definition) is 1. The maximum absolute atomic E-state index is 10.6. The lowest BCUT2D eigenvalue weighted by molar-refractivity contribution is 0.0642. The van der Waals surface area contributed by atoms with Gasteiger partial charge in [-0.1, -0.05) is 0 Å². The molecule has 0 saturated carbocycles. The molecule has 0 spiro atoms. The highest BCUT2D eigenvalue weighted by atomic mass is 16.5. The molecule has 0 atom stereocenters. The van der Waals surface area contributed by atoms with Gasteiger partial charge in [-0.3, -0.25) is 0 Å². The van der Waals surface area contributed by atoms with Crippen LogP contribution in [-0.2, 0) is 9.47 Å². The summed E-state index contributed by atoms with van der Waals surface area (Å²) in [7, 11) is 1.62. The van der Waals surface area contributed by atoms with E-state index < -0.39 is 5.97 Å². The summed E-state index contributed by atoms with van der Waals surface area (Å²) in [5.74, 6) is -0.586. The Morgan fingerprint density at radius 1 is 1.28 bits per heavy atom. The summed E-state index contributed by atoms with van der Waals surface area (Å²) in [5.41, 5.74) is 0.144. The van der Waals surface area contributed by atoms with Crippen LogP contribution in [0.15, 0.2) is 18.3 Å². The Bertz CT molecular complexity index is 352. The molecule has 0 radical (unpaired) electrons. The first kappa shape index (κ1) is 14.4. The van der Waals surface area contributed by atoms with Gasteiger partial charge in [-0.25, -0.2) is 9.78 Å². The summed E-state index contributed by atoms with van der Waals surface area (Å²) in [6.07, 6.45) is 2.01. The molecule has 0 aliphatic rings. The summed E-state index contributed by atoms with van der Waals surface area (Å²) in [4.78, 5) is 14.5. The van der Waals surface area contributed by atoms with E-state index >= 15 is 0 Å². The third-order valence-corrected chi connectivity index (χ3v) is 2.10. The lowest BCUT2D eigenvalue weighted by atomic mass is 10.3. The van der Waals surface area contributed by atoms with Crippen LogP contribution < -0.4 is 4.74 Å². The Labute approximate surface area is 106 Å². The summed E-state index contributed by atoms with van der Waals surface area (Å²) in [6.45, 7) is 2.23. The molecule has 0 aliphatic heterocycles. The zero-order chi connectivity index (χ0) is 13.2. The number of aromatic carboxylic acids is 1. The first-order valence-corrected chi connectivity index (χ1v) is 5.63. The zero-order valence-electron chi connectivity index (χ0n) is 10.3. The van der Waals surface area contributed by atoms with Crippen molar-refractivity contribution in [3.8, 4) is 5.88 Å². The van der Waals surface area contributed by atoms with Crippen molar-refractivity contribution in [3.63, 3.8) is 0 Å². The van der Waals surface area contributed by atoms with E-state index in [0.29, 0.717) is 32.3 Å². The first-order valence-electron chi connectivity index (χ1n) is 5.63. The van der Waals surface area contributed by atoms with Gasteiger partial charge < -0.3 is 19.3 Å². The largest absolute Gasteiger partial charge is 0.478 e. The van der Waals surface area contributed by atoms with Gasteiger partial charge in [-0.05, 0) is 6.07 Å². The van der Waals surface area contributed by atoms with E-state index in [0.717, 1.165) is 6.42 Å². The van der Waals surface area contributed by atoms with Crippen LogP contribution in [-0.4, -0.2) is 49.6 Å². The molecular formula is C12H17NO5. The third kappa shape index (κ3) is 5.60. The van der Waals surface area contributed by atoms with Gasteiger partial charge in [0.2, 0.25) is 5.88 Å². The number of carbonyl (C=O) groups is 1. The van der Waals surface area contributed by atoms with Crippen LogP contribution in [0, 0.1) is 0 Å². The highest BCUT2D eigenvalue weighted by Gasteiger charge is 2.03. The van der Waals surface area contributed by atoms with Crippen molar-refractivity contribution in [1.29, 1.82) is 0 Å². The molecule has 0 amide bonds. The number of hydrogen-bond acceptors (Lipinski definition) is 5. The Hall–Kier alpha value is -1.66. The molecule has 0 unspecified atom stereocenters. The molecule has 18 heavy (non-hydrogen) atoms. The fourth-order valence-corrected chi connectivity index (χ4v) is 1.17. The number of carboxylic acids is 1. The number of carboxylic acid groups (broad SMARTS) is 1. The minimum absolute atomic E-state index is 0.144. The summed E-state index contributed by atoms with van der Waals surface area (Å²) in [5, 5.41) is 8.69. The molecule has 6 heteroatoms. The second kappa shape index (κ2) is 8.43. The Morgan fingerprint density at radius 3 is 2.72 bits per heavy atom. The predicted octanol–water partition coefficient (Wildman–Crippen LogP) is 1.21. The van der Waals surface area contributed by atoms with E-state index in [9.17, 15) is 4.79 Å². The molecule has 1 aromatic heterocycles. The minimum Gasteiger partial charge on any atom is -0.478 e. The lowest BCUT2D eigenvalue weighted by Crippen LogP contribution is -2.07. The predicted molar refractivity (Wildman–Crippen MR) is 64.0 cm³/mol. The van der Waals surface area contributed by atoms with Gasteiger partial charge in [0.1, 0.15) is 0 Å². The van der Waals surface area contributed by atoms with Crippen molar-refractivity contribution in [2.24, 2.45) is 0 Å². The van der Waals surface area contributed by atoms with Crippen LogP contribution in [0.1, 0.15) is 16.8 Å². The number of methoxy groups -OCH3 is 1. The zero-order valence-corrected chi connectivity index (χ0v) is 10.3. The van der Waals surface area contributed by atoms with Gasteiger partial charge in [0.15, 0.2) is 0 Å². The molecule has 6 nitrogen and oxygen atoms in total. The fourth-order valence-electron chi connectivity index (χ4n) is 1.17. The first-order chi connectivity index (χ1) is 8.74. The van der Waals surface area contributed by atoms with Crippen LogP contribution in [0.5, 0.6) is 5.88 Å². The Morgan fingerprint density at radius 2 is 2.11 bits per heavy atom. The van der Waals surface area contributed by atoms with E-state index in [1.165, 1.54) is 18.3 Å². The average molecular weight is 255 g/mol. The molecule has 0 bridgehead atoms. The summed E-state index contributed by atoms with van der Waals surface area (Å²) >= 11 is 0. The van der Waals surface area contributed by atoms with Crippen molar-refractivity contribution in [2.75, 3.05) is 33.5 Å². The number of nitrogens with zero attached hydrogens (tertiary/aromatic N) is 1. The molecule has 0 fully saturated rings. The molecule has 100 valence electrons. The van der Waals surface area contributed by atoms with E-state index in [4.69, 9.17) is 19.3 Å². The highest BCUT2D eigenvalue weighted by Crippen LogP contribution is 2.07. The molecule has 1 rings (SSSR count). The molecular weight excluding hydrogens is 238 g/mol. The molecule has 1 heterocycles. The van der Waals surface area contributed by atoms with Crippen molar-refractivity contribution >= 4 is 5.97 Å². The van der Waals surface area contributed by atoms with Gasteiger partial charge >= 0.3 is 5.97 Å². The maximum Gasteiger partial charge on any atom is 0.337 e. The number of ether oxygens (including phenoxy) is 3. The van der Waals surface area contributed by atoms with E-state index in [2.05, 4.69) is 4.98 Å². The third-order valence-electron chi connectivity index (χ3n) is 2.10. The van der Waals surface area contributed by atoms with Crippen LogP contribution in [0.4, 0.5) is 0 Å². The molecule has 0 aliphatic carbocycles. The van der Waals surface area contributed by atoms with Crippen molar-refractivity contribution < 1.29 is 24.1 Å². The monoisotopic (exact) mass is 255 g/mol. The maximum atomic E-state index is 10.6. The minimum atomic E-state index is -0.999. The number of aromatic nitrogens is 1.